The minimum atomic E-state index is -0.973. The second-order valence-electron chi connectivity index (χ2n) is 8.31. The lowest BCUT2D eigenvalue weighted by Crippen LogP contribution is -2.15. The van der Waals surface area contributed by atoms with Gasteiger partial charge in [0, 0.05) is 12.6 Å². The van der Waals surface area contributed by atoms with Gasteiger partial charge in [-0.3, -0.25) is 9.20 Å². The zero-order valence-electron chi connectivity index (χ0n) is 19.6. The van der Waals surface area contributed by atoms with Crippen LogP contribution in [0.15, 0.2) is 66.9 Å². The van der Waals surface area contributed by atoms with E-state index in [1.54, 1.807) is 25.1 Å². The Morgan fingerprint density at radius 3 is 2.44 bits per heavy atom. The summed E-state index contributed by atoms with van der Waals surface area (Å²) in [7, 11) is 0. The topological polar surface area (TPSA) is 80.9 Å². The van der Waals surface area contributed by atoms with E-state index >= 15 is 0 Å². The van der Waals surface area contributed by atoms with E-state index in [4.69, 9.17) is 9.72 Å². The molecule has 1 atom stereocenters. The molecule has 0 bridgehead atoms. The van der Waals surface area contributed by atoms with Crippen molar-refractivity contribution in [3.05, 3.63) is 94.9 Å². The van der Waals surface area contributed by atoms with Crippen LogP contribution in [0.5, 0.6) is 0 Å². The molecule has 1 unspecified atom stereocenters. The molecule has 0 saturated carbocycles. The van der Waals surface area contributed by atoms with Crippen LogP contribution >= 0.6 is 0 Å². The number of nitrogens with zero attached hydrogens (tertiary/aromatic N) is 2. The summed E-state index contributed by atoms with van der Waals surface area (Å²) in [5, 5.41) is 9.54. The van der Waals surface area contributed by atoms with Gasteiger partial charge in [0.1, 0.15) is 5.65 Å². The molecule has 0 aliphatic heterocycles. The molecular weight excluding hydrogens is 428 g/mol. The second kappa shape index (κ2) is 9.91. The molecule has 0 aliphatic rings. The van der Waals surface area contributed by atoms with Gasteiger partial charge in [0.2, 0.25) is 0 Å². The number of pyridine rings is 1. The molecule has 2 heterocycles. The first kappa shape index (κ1) is 23.2. The van der Waals surface area contributed by atoms with E-state index in [2.05, 4.69) is 6.92 Å². The molecule has 4 aromatic rings. The fourth-order valence-electron chi connectivity index (χ4n) is 4.13. The van der Waals surface area contributed by atoms with E-state index in [-0.39, 0.29) is 18.0 Å². The average Bonchev–Trinajstić information content (AvgIpc) is 3.28. The molecule has 0 amide bonds. The van der Waals surface area contributed by atoms with Gasteiger partial charge in [-0.25, -0.2) is 9.78 Å². The third-order valence-corrected chi connectivity index (χ3v) is 5.89. The molecule has 0 fully saturated rings. The highest BCUT2D eigenvalue weighted by Gasteiger charge is 2.23. The van der Waals surface area contributed by atoms with Crippen LogP contribution in [0, 0.1) is 6.92 Å². The number of fused-ring (bicyclic) bond motifs is 1. The van der Waals surface area contributed by atoms with Gasteiger partial charge in [-0.05, 0) is 47.7 Å². The van der Waals surface area contributed by atoms with Gasteiger partial charge in [0.25, 0.3) is 0 Å². The van der Waals surface area contributed by atoms with Crippen LogP contribution in [0.4, 0.5) is 0 Å². The van der Waals surface area contributed by atoms with Gasteiger partial charge < -0.3 is 9.84 Å². The number of carbonyl (C=O) groups excluding carboxylic acids is 1. The minimum Gasteiger partial charge on any atom is -0.478 e. The Kier molecular flexibility index (Phi) is 6.77. The van der Waals surface area contributed by atoms with Gasteiger partial charge >= 0.3 is 11.9 Å². The minimum absolute atomic E-state index is 0.242. The lowest BCUT2D eigenvalue weighted by molar-refractivity contribution is -0.147. The number of aromatic nitrogens is 2. The highest BCUT2D eigenvalue weighted by molar-refractivity contribution is 5.96. The SMILES string of the molecule is CCCc1cn2c(C(OC(=O)CC)c3ccc(-c4ccccc4C(=O)O)cc3)ccc(C)c2n1. The molecule has 0 radical (unpaired) electrons. The van der Waals surface area contributed by atoms with E-state index in [0.717, 1.165) is 46.6 Å². The number of aryl methyl sites for hydroxylation is 2. The lowest BCUT2D eigenvalue weighted by atomic mass is 9.96. The van der Waals surface area contributed by atoms with E-state index < -0.39 is 12.1 Å². The number of hydrogen-bond acceptors (Lipinski definition) is 4. The first-order chi connectivity index (χ1) is 16.4. The van der Waals surface area contributed by atoms with Crippen LogP contribution in [0.2, 0.25) is 0 Å². The predicted octanol–water partition coefficient (Wildman–Crippen LogP) is 6.00. The average molecular weight is 457 g/mol. The maximum atomic E-state index is 12.4. The zero-order chi connectivity index (χ0) is 24.2. The molecule has 4 rings (SSSR count). The zero-order valence-corrected chi connectivity index (χ0v) is 19.6. The number of ether oxygens (including phenoxy) is 1. The van der Waals surface area contributed by atoms with Crippen LogP contribution in [0.25, 0.3) is 16.8 Å². The Morgan fingerprint density at radius 1 is 1.03 bits per heavy atom. The number of carboxylic acid groups (broad SMARTS) is 1. The summed E-state index contributed by atoms with van der Waals surface area (Å²) in [6, 6.07) is 18.4. The largest absolute Gasteiger partial charge is 0.478 e. The molecule has 1 N–H and O–H groups in total. The van der Waals surface area contributed by atoms with Crippen LogP contribution in [-0.2, 0) is 16.0 Å². The number of carboxylic acids is 1. The standard InChI is InChI=1S/C28H28N2O4/c1-4-8-21-17-30-24(16-11-18(3)27(30)29-21)26(34-25(31)5-2)20-14-12-19(13-15-20)22-9-6-7-10-23(22)28(32)33/h6-7,9-17,26H,4-5,8H2,1-3H3,(H,32,33). The third kappa shape index (κ3) is 4.57. The normalized spacial score (nSPS) is 12.0. The number of hydrogen-bond donors (Lipinski definition) is 1. The number of imidazole rings is 1. The van der Waals surface area contributed by atoms with Crippen molar-refractivity contribution in [2.75, 3.05) is 0 Å². The molecule has 0 saturated heterocycles. The van der Waals surface area contributed by atoms with E-state index in [0.29, 0.717) is 5.56 Å². The summed E-state index contributed by atoms with van der Waals surface area (Å²) in [6.45, 7) is 5.91. The van der Waals surface area contributed by atoms with Gasteiger partial charge in [0.15, 0.2) is 6.10 Å². The summed E-state index contributed by atoms with van der Waals surface area (Å²) in [6.07, 6.45) is 3.53. The molecule has 6 heteroatoms. The van der Waals surface area contributed by atoms with E-state index in [1.807, 2.05) is 60.0 Å². The smallest absolute Gasteiger partial charge is 0.336 e. The lowest BCUT2D eigenvalue weighted by Gasteiger charge is -2.21. The van der Waals surface area contributed by atoms with Crippen LogP contribution in [0.3, 0.4) is 0 Å². The maximum absolute atomic E-state index is 12.4. The van der Waals surface area contributed by atoms with Gasteiger partial charge in [0.05, 0.1) is 17.0 Å². The van der Waals surface area contributed by atoms with E-state index in [9.17, 15) is 14.7 Å². The van der Waals surface area contributed by atoms with Crippen LogP contribution in [-0.4, -0.2) is 26.4 Å². The first-order valence-corrected chi connectivity index (χ1v) is 11.5. The van der Waals surface area contributed by atoms with E-state index in [1.165, 1.54) is 0 Å². The Balaban J connectivity index is 1.80. The quantitative estimate of drug-likeness (QED) is 0.329. The highest BCUT2D eigenvalue weighted by atomic mass is 16.5. The van der Waals surface area contributed by atoms with Gasteiger partial charge in [-0.1, -0.05) is 68.8 Å². The number of aromatic carboxylic acids is 1. The number of rotatable bonds is 8. The summed E-state index contributed by atoms with van der Waals surface area (Å²) in [5.74, 6) is -1.27. The van der Waals surface area contributed by atoms with Crippen molar-refractivity contribution in [1.82, 2.24) is 9.38 Å². The number of benzene rings is 2. The maximum Gasteiger partial charge on any atom is 0.336 e. The molecular formula is C28H28N2O4. The monoisotopic (exact) mass is 456 g/mol. The van der Waals surface area contributed by atoms with Gasteiger partial charge in [-0.2, -0.15) is 0 Å². The number of carbonyl (C=O) groups is 2. The molecule has 2 aromatic carbocycles. The molecule has 6 nitrogen and oxygen atoms in total. The van der Waals surface area contributed by atoms with Crippen molar-refractivity contribution in [2.45, 2.75) is 46.1 Å². The van der Waals surface area contributed by atoms with Crippen molar-refractivity contribution in [3.8, 4) is 11.1 Å². The second-order valence-corrected chi connectivity index (χ2v) is 8.31. The molecule has 34 heavy (non-hydrogen) atoms. The van der Waals surface area contributed by atoms with Crippen LogP contribution < -0.4 is 0 Å². The van der Waals surface area contributed by atoms with Crippen LogP contribution in [0.1, 0.15) is 65.7 Å². The summed E-state index contributed by atoms with van der Waals surface area (Å²) in [4.78, 5) is 28.8. The molecule has 2 aromatic heterocycles. The van der Waals surface area contributed by atoms with Crippen molar-refractivity contribution < 1.29 is 19.4 Å². The van der Waals surface area contributed by atoms with Crippen molar-refractivity contribution in [3.63, 3.8) is 0 Å². The van der Waals surface area contributed by atoms with Crippen molar-refractivity contribution in [2.24, 2.45) is 0 Å². The molecule has 174 valence electrons. The molecule has 0 aliphatic carbocycles. The Morgan fingerprint density at radius 2 is 1.76 bits per heavy atom. The number of esters is 1. The fourth-order valence-corrected chi connectivity index (χ4v) is 4.13. The fraction of sp³-hybridized carbons (Fsp3) is 0.250. The summed E-state index contributed by atoms with van der Waals surface area (Å²) in [5.41, 5.74) is 6.18. The Hall–Kier alpha value is -3.93. The highest BCUT2D eigenvalue weighted by Crippen LogP contribution is 2.31. The predicted molar refractivity (Wildman–Crippen MR) is 131 cm³/mol. The Labute approximate surface area is 198 Å². The summed E-state index contributed by atoms with van der Waals surface area (Å²) >= 11 is 0. The first-order valence-electron chi connectivity index (χ1n) is 11.5. The van der Waals surface area contributed by atoms with Gasteiger partial charge in [-0.15, -0.1) is 0 Å². The summed E-state index contributed by atoms with van der Waals surface area (Å²) < 4.78 is 7.93. The van der Waals surface area contributed by atoms with Crippen molar-refractivity contribution in [1.29, 1.82) is 0 Å². The Bertz CT molecular complexity index is 1340. The third-order valence-electron chi connectivity index (χ3n) is 5.89. The molecule has 0 spiro atoms. The van der Waals surface area contributed by atoms with Crippen molar-refractivity contribution >= 4 is 17.6 Å².